The van der Waals surface area contributed by atoms with Crippen LogP contribution in [0.3, 0.4) is 0 Å². The molecule has 0 bridgehead atoms. The molecular weight excluding hydrogens is 205 g/mol. The van der Waals surface area contributed by atoms with Crippen molar-refractivity contribution in [1.82, 2.24) is 14.9 Å². The molecule has 2 unspecified atom stereocenters. The summed E-state index contributed by atoms with van der Waals surface area (Å²) in [4.78, 5) is 3.87. The van der Waals surface area contributed by atoms with Gasteiger partial charge in [-0.1, -0.05) is 0 Å². The highest BCUT2D eigenvalue weighted by Crippen LogP contribution is 2.27. The first-order valence-corrected chi connectivity index (χ1v) is 5.12. The number of aromatic nitrogens is 2. The van der Waals surface area contributed by atoms with Gasteiger partial charge in [-0.25, -0.2) is 9.37 Å². The number of nitrogens with one attached hydrogen (secondary N) is 1. The fourth-order valence-electron chi connectivity index (χ4n) is 1.82. The molecule has 1 fully saturated rings. The molecule has 1 N–H and O–H groups in total. The third kappa shape index (κ3) is 1.64. The normalized spacial score (nSPS) is 24.1. The predicted octanol–water partition coefficient (Wildman–Crippen LogP) is 1.84. The first-order valence-electron chi connectivity index (χ1n) is 4.74. The Hall–Kier alpha value is -0.610. The highest BCUT2D eigenvalue weighted by molar-refractivity contribution is 6.28. The second-order valence-corrected chi connectivity index (χ2v) is 3.95. The molecule has 0 saturated carbocycles. The van der Waals surface area contributed by atoms with Gasteiger partial charge in [0.2, 0.25) is 5.28 Å². The van der Waals surface area contributed by atoms with Gasteiger partial charge < -0.3 is 9.88 Å². The Kier molecular flexibility index (Phi) is 2.74. The molecule has 1 aromatic rings. The Morgan fingerprint density at radius 3 is 3.07 bits per heavy atom. The molecule has 78 valence electrons. The van der Waals surface area contributed by atoms with Gasteiger partial charge in [-0.3, -0.25) is 0 Å². The highest BCUT2D eigenvalue weighted by atomic mass is 35.5. The molecule has 0 aromatic carbocycles. The molecule has 2 heterocycles. The van der Waals surface area contributed by atoms with Gasteiger partial charge in [0.1, 0.15) is 0 Å². The summed E-state index contributed by atoms with van der Waals surface area (Å²) in [6.07, 6.45) is 2.41. The topological polar surface area (TPSA) is 29.9 Å². The minimum Gasteiger partial charge on any atom is -0.319 e. The van der Waals surface area contributed by atoms with E-state index in [1.165, 1.54) is 6.20 Å². The number of imidazole rings is 1. The summed E-state index contributed by atoms with van der Waals surface area (Å²) < 4.78 is 15.5. The molecule has 0 radical (unpaired) electrons. The molecule has 1 aliphatic rings. The van der Waals surface area contributed by atoms with E-state index in [0.29, 0.717) is 11.0 Å². The van der Waals surface area contributed by atoms with Crippen LogP contribution in [-0.2, 0) is 7.05 Å². The maximum absolute atomic E-state index is 13.9. The van der Waals surface area contributed by atoms with Crippen LogP contribution in [0.25, 0.3) is 0 Å². The van der Waals surface area contributed by atoms with Crippen molar-refractivity contribution in [3.05, 3.63) is 17.2 Å². The molecule has 1 aromatic heterocycles. The minimum atomic E-state index is -1.01. The number of hydrogen-bond donors (Lipinski definition) is 1. The lowest BCUT2D eigenvalue weighted by molar-refractivity contribution is 0.260. The van der Waals surface area contributed by atoms with Crippen LogP contribution >= 0.6 is 11.6 Å². The number of hydrogen-bond acceptors (Lipinski definition) is 2. The monoisotopic (exact) mass is 217 g/mol. The maximum Gasteiger partial charge on any atom is 0.202 e. The van der Waals surface area contributed by atoms with E-state index in [2.05, 4.69) is 10.3 Å². The molecule has 0 aliphatic carbocycles. The van der Waals surface area contributed by atoms with Gasteiger partial charge in [0.05, 0.1) is 11.9 Å². The van der Waals surface area contributed by atoms with Crippen LogP contribution in [-0.4, -0.2) is 22.1 Å². The smallest absolute Gasteiger partial charge is 0.202 e. The molecular formula is C9H13ClFN3. The van der Waals surface area contributed by atoms with Crippen LogP contribution in [0, 0.1) is 0 Å². The number of alkyl halides is 1. The van der Waals surface area contributed by atoms with Crippen molar-refractivity contribution in [1.29, 1.82) is 0 Å². The molecule has 1 saturated heterocycles. The molecule has 5 heteroatoms. The first kappa shape index (κ1) is 9.93. The van der Waals surface area contributed by atoms with E-state index in [1.54, 1.807) is 11.6 Å². The van der Waals surface area contributed by atoms with Crippen molar-refractivity contribution in [3.63, 3.8) is 0 Å². The van der Waals surface area contributed by atoms with Crippen molar-refractivity contribution in [3.8, 4) is 0 Å². The Morgan fingerprint density at radius 2 is 2.57 bits per heavy atom. The fourth-order valence-corrected chi connectivity index (χ4v) is 1.97. The lowest BCUT2D eigenvalue weighted by atomic mass is 10.1. The lowest BCUT2D eigenvalue weighted by Crippen LogP contribution is -2.27. The Labute approximate surface area is 87.3 Å². The highest BCUT2D eigenvalue weighted by Gasteiger charge is 2.28. The lowest BCUT2D eigenvalue weighted by Gasteiger charge is -2.16. The van der Waals surface area contributed by atoms with Gasteiger partial charge in [-0.15, -0.1) is 0 Å². The molecule has 3 nitrogen and oxygen atoms in total. The summed E-state index contributed by atoms with van der Waals surface area (Å²) in [7, 11) is 1.73. The van der Waals surface area contributed by atoms with E-state index < -0.39 is 6.17 Å². The van der Waals surface area contributed by atoms with Gasteiger partial charge in [0.15, 0.2) is 6.17 Å². The van der Waals surface area contributed by atoms with E-state index >= 15 is 0 Å². The van der Waals surface area contributed by atoms with Crippen LogP contribution < -0.4 is 5.32 Å². The number of rotatable bonds is 2. The van der Waals surface area contributed by atoms with Crippen molar-refractivity contribution < 1.29 is 4.39 Å². The summed E-state index contributed by atoms with van der Waals surface area (Å²) in [5.74, 6) is 0. The fraction of sp³-hybridized carbons (Fsp3) is 0.667. The average molecular weight is 218 g/mol. The van der Waals surface area contributed by atoms with Gasteiger partial charge in [0.25, 0.3) is 0 Å². The third-order valence-corrected chi connectivity index (χ3v) is 3.05. The Balaban J connectivity index is 2.17. The quantitative estimate of drug-likeness (QED) is 0.819. The van der Waals surface area contributed by atoms with Crippen molar-refractivity contribution in [2.45, 2.75) is 25.1 Å². The summed E-state index contributed by atoms with van der Waals surface area (Å²) in [5, 5.41) is 3.47. The molecule has 0 amide bonds. The van der Waals surface area contributed by atoms with E-state index in [4.69, 9.17) is 11.6 Å². The van der Waals surface area contributed by atoms with E-state index in [9.17, 15) is 4.39 Å². The zero-order chi connectivity index (χ0) is 10.1. The summed E-state index contributed by atoms with van der Waals surface area (Å²) in [5.41, 5.74) is 0.550. The van der Waals surface area contributed by atoms with E-state index in [1.807, 2.05) is 0 Å². The molecule has 2 rings (SSSR count). The van der Waals surface area contributed by atoms with Crippen LogP contribution in [0.5, 0.6) is 0 Å². The van der Waals surface area contributed by atoms with Crippen molar-refractivity contribution in [2.24, 2.45) is 7.05 Å². The summed E-state index contributed by atoms with van der Waals surface area (Å²) in [6, 6.07) is -0.0820. The third-order valence-electron chi connectivity index (χ3n) is 2.70. The molecule has 14 heavy (non-hydrogen) atoms. The summed E-state index contributed by atoms with van der Waals surface area (Å²) in [6.45, 7) is 0.899. The zero-order valence-electron chi connectivity index (χ0n) is 8.00. The van der Waals surface area contributed by atoms with Gasteiger partial charge >= 0.3 is 0 Å². The predicted molar refractivity (Wildman–Crippen MR) is 53.1 cm³/mol. The van der Waals surface area contributed by atoms with Crippen LogP contribution in [0.1, 0.15) is 24.7 Å². The van der Waals surface area contributed by atoms with Gasteiger partial charge in [0, 0.05) is 13.1 Å². The Bertz CT molecular complexity index is 320. The van der Waals surface area contributed by atoms with Gasteiger partial charge in [-0.2, -0.15) is 0 Å². The zero-order valence-corrected chi connectivity index (χ0v) is 8.76. The standard InChI is InChI=1S/C9H13ClFN3/c1-14-7(5-13-9(14)10)8(11)6-3-2-4-12-6/h5-6,8,12H,2-4H2,1H3. The number of halogens is 2. The van der Waals surface area contributed by atoms with Crippen molar-refractivity contribution >= 4 is 11.6 Å². The van der Waals surface area contributed by atoms with Crippen molar-refractivity contribution in [2.75, 3.05) is 6.54 Å². The first-order chi connectivity index (χ1) is 6.70. The van der Waals surface area contributed by atoms with Crippen LogP contribution in [0.15, 0.2) is 6.20 Å². The molecule has 0 spiro atoms. The number of nitrogens with zero attached hydrogens (tertiary/aromatic N) is 2. The second kappa shape index (κ2) is 3.87. The van der Waals surface area contributed by atoms with E-state index in [0.717, 1.165) is 19.4 Å². The Morgan fingerprint density at radius 1 is 1.79 bits per heavy atom. The summed E-state index contributed by atoms with van der Waals surface area (Å²) >= 11 is 5.74. The van der Waals surface area contributed by atoms with Crippen LogP contribution in [0.4, 0.5) is 4.39 Å². The van der Waals surface area contributed by atoms with Gasteiger partial charge in [-0.05, 0) is 31.0 Å². The second-order valence-electron chi connectivity index (χ2n) is 3.62. The maximum atomic E-state index is 13.9. The van der Waals surface area contributed by atoms with E-state index in [-0.39, 0.29) is 6.04 Å². The molecule has 1 aliphatic heterocycles. The molecule has 2 atom stereocenters. The SMILES string of the molecule is Cn1c(C(F)C2CCCN2)cnc1Cl. The van der Waals surface area contributed by atoms with Crippen LogP contribution in [0.2, 0.25) is 5.28 Å². The largest absolute Gasteiger partial charge is 0.319 e. The minimum absolute atomic E-state index is 0.0820. The average Bonchev–Trinajstić information content (AvgIpc) is 2.77.